The standard InChI is InChI=1S/C8H7IN2/c9-8-4-5-3-6(10)1-2-7(5)11-8/h1-4,11H,10H2. The fourth-order valence-electron chi connectivity index (χ4n) is 1.12. The van der Waals surface area contributed by atoms with Gasteiger partial charge in [-0.15, -0.1) is 0 Å². The highest BCUT2D eigenvalue weighted by atomic mass is 127. The van der Waals surface area contributed by atoms with Crippen molar-refractivity contribution < 1.29 is 0 Å². The molecule has 0 aliphatic heterocycles. The van der Waals surface area contributed by atoms with E-state index in [-0.39, 0.29) is 0 Å². The van der Waals surface area contributed by atoms with Crippen LogP contribution in [-0.4, -0.2) is 4.98 Å². The van der Waals surface area contributed by atoms with E-state index in [2.05, 4.69) is 33.6 Å². The number of nitrogens with two attached hydrogens (primary N) is 1. The number of fused-ring (bicyclic) bond motifs is 1. The first-order valence-corrected chi connectivity index (χ1v) is 4.37. The van der Waals surface area contributed by atoms with Gasteiger partial charge in [0.2, 0.25) is 0 Å². The average molecular weight is 258 g/mol. The molecule has 3 heteroatoms. The molecule has 0 saturated heterocycles. The molecular formula is C8H7IN2. The lowest BCUT2D eigenvalue weighted by Gasteiger charge is -1.90. The molecule has 0 fully saturated rings. The van der Waals surface area contributed by atoms with Crippen molar-refractivity contribution in [3.63, 3.8) is 0 Å². The Labute approximate surface area is 77.9 Å². The zero-order valence-corrected chi connectivity index (χ0v) is 7.92. The van der Waals surface area contributed by atoms with Crippen LogP contribution in [0.4, 0.5) is 5.69 Å². The summed E-state index contributed by atoms with van der Waals surface area (Å²) in [6.07, 6.45) is 0. The van der Waals surface area contributed by atoms with E-state index in [0.717, 1.165) is 14.9 Å². The molecule has 11 heavy (non-hydrogen) atoms. The Bertz CT molecular complexity index is 392. The van der Waals surface area contributed by atoms with Crippen LogP contribution in [0, 0.1) is 3.70 Å². The molecule has 0 saturated carbocycles. The first kappa shape index (κ1) is 6.97. The Morgan fingerprint density at radius 3 is 2.91 bits per heavy atom. The van der Waals surface area contributed by atoms with E-state index in [1.807, 2.05) is 18.2 Å². The number of nitrogen functional groups attached to an aromatic ring is 1. The molecule has 0 amide bonds. The molecule has 0 radical (unpaired) electrons. The van der Waals surface area contributed by atoms with Gasteiger partial charge in [0.1, 0.15) is 0 Å². The number of H-pyrrole nitrogens is 1. The molecule has 2 rings (SSSR count). The summed E-state index contributed by atoms with van der Waals surface area (Å²) in [6, 6.07) is 7.93. The highest BCUT2D eigenvalue weighted by molar-refractivity contribution is 14.1. The first-order chi connectivity index (χ1) is 5.25. The number of halogens is 1. The Balaban J connectivity index is 2.82. The number of aromatic amines is 1. The Kier molecular flexibility index (Phi) is 1.52. The molecule has 0 unspecified atom stereocenters. The average Bonchev–Trinajstić information content (AvgIpc) is 2.27. The summed E-state index contributed by atoms with van der Waals surface area (Å²) in [5, 5.41) is 1.18. The predicted molar refractivity (Wildman–Crippen MR) is 55.4 cm³/mol. The van der Waals surface area contributed by atoms with Gasteiger partial charge in [-0.05, 0) is 46.9 Å². The van der Waals surface area contributed by atoms with Crippen molar-refractivity contribution in [1.29, 1.82) is 0 Å². The molecule has 1 aromatic heterocycles. The van der Waals surface area contributed by atoms with Crippen LogP contribution in [0.1, 0.15) is 0 Å². The molecule has 0 aliphatic carbocycles. The van der Waals surface area contributed by atoms with Crippen molar-refractivity contribution in [3.8, 4) is 0 Å². The topological polar surface area (TPSA) is 41.8 Å². The van der Waals surface area contributed by atoms with Crippen LogP contribution in [0.25, 0.3) is 10.9 Å². The van der Waals surface area contributed by atoms with Gasteiger partial charge in [-0.3, -0.25) is 0 Å². The minimum absolute atomic E-state index is 0.813. The lowest BCUT2D eigenvalue weighted by Crippen LogP contribution is -1.81. The van der Waals surface area contributed by atoms with E-state index in [1.165, 1.54) is 5.39 Å². The maximum atomic E-state index is 5.62. The monoisotopic (exact) mass is 258 g/mol. The third-order valence-electron chi connectivity index (χ3n) is 1.61. The van der Waals surface area contributed by atoms with Crippen LogP contribution >= 0.6 is 22.6 Å². The lowest BCUT2D eigenvalue weighted by molar-refractivity contribution is 1.41. The number of nitrogens with one attached hydrogen (secondary N) is 1. The Hall–Kier alpha value is -0.710. The fraction of sp³-hybridized carbons (Fsp3) is 0. The first-order valence-electron chi connectivity index (χ1n) is 3.29. The summed E-state index contributed by atoms with van der Waals surface area (Å²) in [7, 11) is 0. The summed E-state index contributed by atoms with van der Waals surface area (Å²) in [4.78, 5) is 3.22. The van der Waals surface area contributed by atoms with Crippen molar-refractivity contribution >= 4 is 39.2 Å². The SMILES string of the molecule is Nc1ccc2[nH]c(I)cc2c1. The summed E-state index contributed by atoms with van der Waals surface area (Å²) < 4.78 is 1.14. The lowest BCUT2D eigenvalue weighted by atomic mass is 10.2. The summed E-state index contributed by atoms with van der Waals surface area (Å²) in [5.41, 5.74) is 7.57. The molecule has 0 spiro atoms. The third kappa shape index (κ3) is 1.20. The largest absolute Gasteiger partial charge is 0.399 e. The molecule has 0 aliphatic rings. The normalized spacial score (nSPS) is 10.6. The highest BCUT2D eigenvalue weighted by Gasteiger charge is 1.96. The van der Waals surface area contributed by atoms with Crippen molar-refractivity contribution in [3.05, 3.63) is 28.0 Å². The third-order valence-corrected chi connectivity index (χ3v) is 2.19. The molecule has 0 atom stereocenters. The van der Waals surface area contributed by atoms with Gasteiger partial charge < -0.3 is 10.7 Å². The van der Waals surface area contributed by atoms with E-state index in [9.17, 15) is 0 Å². The van der Waals surface area contributed by atoms with Gasteiger partial charge >= 0.3 is 0 Å². The van der Waals surface area contributed by atoms with Crippen LogP contribution < -0.4 is 5.73 Å². The Morgan fingerprint density at radius 2 is 2.09 bits per heavy atom. The van der Waals surface area contributed by atoms with E-state index in [1.54, 1.807) is 0 Å². The number of hydrogen-bond acceptors (Lipinski definition) is 1. The van der Waals surface area contributed by atoms with Crippen LogP contribution in [0.15, 0.2) is 24.3 Å². The molecule has 56 valence electrons. The van der Waals surface area contributed by atoms with Gasteiger partial charge in [0.25, 0.3) is 0 Å². The van der Waals surface area contributed by atoms with Crippen molar-refractivity contribution in [2.75, 3.05) is 5.73 Å². The molecule has 0 bridgehead atoms. The number of rotatable bonds is 0. The van der Waals surface area contributed by atoms with E-state index >= 15 is 0 Å². The van der Waals surface area contributed by atoms with E-state index in [0.29, 0.717) is 0 Å². The number of benzene rings is 1. The maximum absolute atomic E-state index is 5.62. The second-order valence-corrected chi connectivity index (χ2v) is 3.63. The predicted octanol–water partition coefficient (Wildman–Crippen LogP) is 2.35. The molecule has 1 heterocycles. The van der Waals surface area contributed by atoms with Gasteiger partial charge in [0.05, 0.1) is 3.70 Å². The summed E-state index contributed by atoms with van der Waals surface area (Å²) >= 11 is 2.25. The minimum Gasteiger partial charge on any atom is -0.399 e. The van der Waals surface area contributed by atoms with E-state index in [4.69, 9.17) is 5.73 Å². The van der Waals surface area contributed by atoms with Gasteiger partial charge in [0.15, 0.2) is 0 Å². The number of hydrogen-bond donors (Lipinski definition) is 2. The molecule has 3 N–H and O–H groups in total. The quantitative estimate of drug-likeness (QED) is 0.552. The van der Waals surface area contributed by atoms with Gasteiger partial charge in [-0.25, -0.2) is 0 Å². The van der Waals surface area contributed by atoms with Crippen molar-refractivity contribution in [1.82, 2.24) is 4.98 Å². The molecule has 1 aromatic carbocycles. The van der Waals surface area contributed by atoms with Crippen molar-refractivity contribution in [2.24, 2.45) is 0 Å². The second kappa shape index (κ2) is 2.41. The molecule has 2 aromatic rings. The molecule has 2 nitrogen and oxygen atoms in total. The van der Waals surface area contributed by atoms with Crippen LogP contribution in [-0.2, 0) is 0 Å². The summed E-state index contributed by atoms with van der Waals surface area (Å²) in [6.45, 7) is 0. The Morgan fingerprint density at radius 1 is 1.27 bits per heavy atom. The van der Waals surface area contributed by atoms with Gasteiger partial charge in [-0.1, -0.05) is 0 Å². The van der Waals surface area contributed by atoms with Crippen LogP contribution in [0.5, 0.6) is 0 Å². The zero-order valence-electron chi connectivity index (χ0n) is 5.76. The van der Waals surface area contributed by atoms with Crippen LogP contribution in [0.3, 0.4) is 0 Å². The number of aromatic nitrogens is 1. The minimum atomic E-state index is 0.813. The molecular weight excluding hydrogens is 251 g/mol. The summed E-state index contributed by atoms with van der Waals surface area (Å²) in [5.74, 6) is 0. The van der Waals surface area contributed by atoms with Crippen molar-refractivity contribution in [2.45, 2.75) is 0 Å². The second-order valence-electron chi connectivity index (χ2n) is 2.46. The highest BCUT2D eigenvalue weighted by Crippen LogP contribution is 2.18. The van der Waals surface area contributed by atoms with Gasteiger partial charge in [-0.2, -0.15) is 0 Å². The zero-order chi connectivity index (χ0) is 7.84. The maximum Gasteiger partial charge on any atom is 0.0782 e. The van der Waals surface area contributed by atoms with Gasteiger partial charge in [0, 0.05) is 16.6 Å². The fourth-order valence-corrected chi connectivity index (χ4v) is 1.74. The smallest absolute Gasteiger partial charge is 0.0782 e. The van der Waals surface area contributed by atoms with E-state index < -0.39 is 0 Å². The number of anilines is 1. The van der Waals surface area contributed by atoms with Crippen LogP contribution in [0.2, 0.25) is 0 Å².